The first-order valence-corrected chi connectivity index (χ1v) is 10.8. The molecule has 3 rings (SSSR count). The summed E-state index contributed by atoms with van der Waals surface area (Å²) in [6.45, 7) is 5.49. The summed E-state index contributed by atoms with van der Waals surface area (Å²) in [7, 11) is 3.97. The van der Waals surface area contributed by atoms with Crippen molar-refractivity contribution >= 4 is 44.4 Å². The number of aromatic nitrogens is 1. The summed E-state index contributed by atoms with van der Waals surface area (Å²) in [6, 6.07) is 10.4. The molecule has 0 saturated heterocycles. The third-order valence-electron chi connectivity index (χ3n) is 4.47. The molecule has 0 saturated carbocycles. The molecule has 0 aliphatic carbocycles. The Morgan fingerprint density at radius 3 is 2.46 bits per heavy atom. The Bertz CT molecular complexity index is 931. The van der Waals surface area contributed by atoms with E-state index in [4.69, 9.17) is 4.98 Å². The van der Waals surface area contributed by atoms with Crippen LogP contribution in [0.3, 0.4) is 0 Å². The second-order valence-electron chi connectivity index (χ2n) is 6.99. The van der Waals surface area contributed by atoms with Crippen LogP contribution in [0, 0.1) is 19.7 Å². The molecule has 0 atom stereocenters. The number of hydrogen-bond acceptors (Lipinski definition) is 5. The van der Waals surface area contributed by atoms with Crippen molar-refractivity contribution < 1.29 is 9.18 Å². The van der Waals surface area contributed by atoms with Crippen LogP contribution in [0.4, 0.5) is 9.52 Å². The van der Waals surface area contributed by atoms with Crippen molar-refractivity contribution in [2.24, 2.45) is 0 Å². The topological polar surface area (TPSA) is 36.4 Å². The summed E-state index contributed by atoms with van der Waals surface area (Å²) in [4.78, 5) is 22.4. The van der Waals surface area contributed by atoms with Crippen molar-refractivity contribution in [3.63, 3.8) is 0 Å². The molecule has 0 radical (unpaired) electrons. The van der Waals surface area contributed by atoms with Gasteiger partial charge in [-0.2, -0.15) is 0 Å². The molecule has 1 amide bonds. The second kappa shape index (κ2) is 9.03. The van der Waals surface area contributed by atoms with Gasteiger partial charge in [-0.25, -0.2) is 9.37 Å². The number of fused-ring (bicyclic) bond motifs is 1. The number of carbonyl (C=O) groups is 1. The Labute approximate surface area is 173 Å². The Balaban J connectivity index is 1.81. The number of nitrogens with zero attached hydrogens (tertiary/aromatic N) is 3. The summed E-state index contributed by atoms with van der Waals surface area (Å²) < 4.78 is 14.2. The molecule has 0 bridgehead atoms. The van der Waals surface area contributed by atoms with E-state index in [2.05, 4.69) is 30.9 Å². The van der Waals surface area contributed by atoms with Crippen molar-refractivity contribution in [2.75, 3.05) is 37.8 Å². The Morgan fingerprint density at radius 1 is 1.11 bits per heavy atom. The van der Waals surface area contributed by atoms with Gasteiger partial charge in [0.1, 0.15) is 5.82 Å². The summed E-state index contributed by atoms with van der Waals surface area (Å²) in [5.74, 6) is 0.0135. The minimum atomic E-state index is -0.275. The third-order valence-corrected chi connectivity index (χ3v) is 6.51. The molecule has 4 nitrogen and oxygen atoms in total. The molecule has 7 heteroatoms. The maximum Gasteiger partial charge on any atom is 0.239 e. The molecular weight excluding hydrogens is 393 g/mol. The monoisotopic (exact) mass is 417 g/mol. The Morgan fingerprint density at radius 2 is 1.79 bits per heavy atom. The molecule has 0 N–H and O–H groups in total. The van der Waals surface area contributed by atoms with E-state index in [0.717, 1.165) is 26.8 Å². The van der Waals surface area contributed by atoms with E-state index in [1.807, 2.05) is 14.1 Å². The number of anilines is 1. The van der Waals surface area contributed by atoms with Crippen molar-refractivity contribution in [3.8, 4) is 0 Å². The highest BCUT2D eigenvalue weighted by Gasteiger charge is 2.20. The van der Waals surface area contributed by atoms with Crippen LogP contribution >= 0.6 is 23.1 Å². The number of likely N-dealkylation sites (N-methyl/N-ethyl adjacent to an activating group) is 1. The fourth-order valence-electron chi connectivity index (χ4n) is 2.66. The van der Waals surface area contributed by atoms with Gasteiger partial charge in [0, 0.05) is 18.0 Å². The SMILES string of the molecule is Cc1cc2nc(N(CCN(C)C)C(=O)CSc3ccc(F)cc3)sc2cc1C. The van der Waals surface area contributed by atoms with Crippen molar-refractivity contribution in [2.45, 2.75) is 18.7 Å². The van der Waals surface area contributed by atoms with Crippen LogP contribution in [0.5, 0.6) is 0 Å². The molecule has 3 aromatic rings. The average molecular weight is 418 g/mol. The van der Waals surface area contributed by atoms with Crippen LogP contribution in [0.25, 0.3) is 10.2 Å². The van der Waals surface area contributed by atoms with Crippen LogP contribution < -0.4 is 4.90 Å². The first-order chi connectivity index (χ1) is 13.3. The average Bonchev–Trinajstić information content (AvgIpc) is 3.03. The summed E-state index contributed by atoms with van der Waals surface area (Å²) >= 11 is 2.96. The number of aryl methyl sites for hydroxylation is 2. The lowest BCUT2D eigenvalue weighted by Crippen LogP contribution is -2.37. The first kappa shape index (κ1) is 20.8. The van der Waals surface area contributed by atoms with E-state index < -0.39 is 0 Å². The normalized spacial score (nSPS) is 11.4. The predicted molar refractivity (Wildman–Crippen MR) is 117 cm³/mol. The number of benzene rings is 2. The number of thiazole rings is 1. The largest absolute Gasteiger partial charge is 0.308 e. The van der Waals surface area contributed by atoms with Crippen LogP contribution in [0.15, 0.2) is 41.3 Å². The van der Waals surface area contributed by atoms with Gasteiger partial charge in [0.05, 0.1) is 16.0 Å². The number of thioether (sulfide) groups is 1. The van der Waals surface area contributed by atoms with Gasteiger partial charge in [-0.3, -0.25) is 9.69 Å². The van der Waals surface area contributed by atoms with Gasteiger partial charge in [0.15, 0.2) is 5.13 Å². The molecule has 2 aromatic carbocycles. The van der Waals surface area contributed by atoms with E-state index in [-0.39, 0.29) is 17.5 Å². The lowest BCUT2D eigenvalue weighted by atomic mass is 10.1. The van der Waals surface area contributed by atoms with Gasteiger partial charge in [0.25, 0.3) is 0 Å². The maximum atomic E-state index is 13.1. The Kier molecular flexibility index (Phi) is 6.69. The molecular formula is C21H24FN3OS2. The second-order valence-corrected chi connectivity index (χ2v) is 9.05. The van der Waals surface area contributed by atoms with Gasteiger partial charge in [0.2, 0.25) is 5.91 Å². The van der Waals surface area contributed by atoms with Crippen molar-refractivity contribution in [1.82, 2.24) is 9.88 Å². The number of halogens is 1. The van der Waals surface area contributed by atoms with E-state index in [1.165, 1.54) is 35.0 Å². The van der Waals surface area contributed by atoms with E-state index in [1.54, 1.807) is 28.4 Å². The minimum Gasteiger partial charge on any atom is -0.308 e. The number of rotatable bonds is 7. The lowest BCUT2D eigenvalue weighted by molar-refractivity contribution is -0.116. The predicted octanol–water partition coefficient (Wildman–Crippen LogP) is 4.74. The van der Waals surface area contributed by atoms with E-state index in [0.29, 0.717) is 6.54 Å². The molecule has 0 aliphatic heterocycles. The highest BCUT2D eigenvalue weighted by atomic mass is 32.2. The fraction of sp³-hybridized carbons (Fsp3) is 0.333. The van der Waals surface area contributed by atoms with Gasteiger partial charge >= 0.3 is 0 Å². The van der Waals surface area contributed by atoms with Gasteiger partial charge in [-0.05, 0) is 75.5 Å². The minimum absolute atomic E-state index is 0.00340. The highest BCUT2D eigenvalue weighted by Crippen LogP contribution is 2.31. The molecule has 0 spiro atoms. The molecule has 28 heavy (non-hydrogen) atoms. The number of amides is 1. The number of carbonyl (C=O) groups excluding carboxylic acids is 1. The zero-order valence-electron chi connectivity index (χ0n) is 16.5. The number of hydrogen-bond donors (Lipinski definition) is 0. The van der Waals surface area contributed by atoms with Crippen LogP contribution in [-0.2, 0) is 4.79 Å². The smallest absolute Gasteiger partial charge is 0.239 e. The lowest BCUT2D eigenvalue weighted by Gasteiger charge is -2.21. The molecule has 0 fully saturated rings. The van der Waals surface area contributed by atoms with Gasteiger partial charge < -0.3 is 4.90 Å². The van der Waals surface area contributed by atoms with Crippen LogP contribution in [-0.4, -0.2) is 48.7 Å². The Hall–Kier alpha value is -1.96. The fourth-order valence-corrected chi connectivity index (χ4v) is 4.53. The van der Waals surface area contributed by atoms with Crippen molar-refractivity contribution in [3.05, 3.63) is 53.3 Å². The van der Waals surface area contributed by atoms with E-state index in [9.17, 15) is 9.18 Å². The molecule has 1 aromatic heterocycles. The summed E-state index contributed by atoms with van der Waals surface area (Å²) in [6.07, 6.45) is 0. The molecule has 0 aliphatic rings. The van der Waals surface area contributed by atoms with Gasteiger partial charge in [-0.15, -0.1) is 11.8 Å². The third kappa shape index (κ3) is 5.10. The quantitative estimate of drug-likeness (QED) is 0.520. The zero-order valence-corrected chi connectivity index (χ0v) is 18.2. The van der Waals surface area contributed by atoms with E-state index >= 15 is 0 Å². The standard InChI is InChI=1S/C21H24FN3OS2/c1-14-11-18-19(12-15(14)2)28-21(23-18)25(10-9-24(3)4)20(26)13-27-17-7-5-16(22)6-8-17/h5-8,11-12H,9-10,13H2,1-4H3. The van der Waals surface area contributed by atoms with Crippen molar-refractivity contribution in [1.29, 1.82) is 0 Å². The molecule has 0 unspecified atom stereocenters. The zero-order chi connectivity index (χ0) is 20.3. The van der Waals surface area contributed by atoms with Crippen LogP contribution in [0.1, 0.15) is 11.1 Å². The highest BCUT2D eigenvalue weighted by molar-refractivity contribution is 8.00. The molecule has 148 valence electrons. The maximum absolute atomic E-state index is 13.1. The summed E-state index contributed by atoms with van der Waals surface area (Å²) in [5.41, 5.74) is 3.35. The van der Waals surface area contributed by atoms with Crippen LogP contribution in [0.2, 0.25) is 0 Å². The first-order valence-electron chi connectivity index (χ1n) is 9.05. The summed E-state index contributed by atoms with van der Waals surface area (Å²) in [5, 5.41) is 0.728. The van der Waals surface area contributed by atoms with Gasteiger partial charge in [-0.1, -0.05) is 11.3 Å². The molecule has 1 heterocycles.